The zero-order valence-corrected chi connectivity index (χ0v) is 17.8. The van der Waals surface area contributed by atoms with Gasteiger partial charge in [0.1, 0.15) is 5.72 Å². The van der Waals surface area contributed by atoms with E-state index >= 15 is 0 Å². The molecule has 1 atom stereocenters. The summed E-state index contributed by atoms with van der Waals surface area (Å²) < 4.78 is 5.96. The lowest BCUT2D eigenvalue weighted by Crippen LogP contribution is -2.58. The van der Waals surface area contributed by atoms with Gasteiger partial charge in [0, 0.05) is 42.1 Å². The number of piperidine rings is 1. The van der Waals surface area contributed by atoms with Crippen LogP contribution in [0.4, 0.5) is 0 Å². The molecule has 2 aromatic rings. The Labute approximate surface area is 185 Å². The van der Waals surface area contributed by atoms with Gasteiger partial charge >= 0.3 is 5.97 Å². The lowest BCUT2D eigenvalue weighted by Gasteiger charge is -2.44. The van der Waals surface area contributed by atoms with E-state index in [1.54, 1.807) is 47.4 Å². The van der Waals surface area contributed by atoms with E-state index in [4.69, 9.17) is 16.3 Å². The largest absolute Gasteiger partial charge is 0.480 e. The summed E-state index contributed by atoms with van der Waals surface area (Å²) in [5.74, 6) is -1.60. The summed E-state index contributed by atoms with van der Waals surface area (Å²) in [6.45, 7) is 2.51. The van der Waals surface area contributed by atoms with Gasteiger partial charge in [-0.3, -0.25) is 14.5 Å². The molecule has 1 spiro atoms. The Morgan fingerprint density at radius 2 is 1.71 bits per heavy atom. The van der Waals surface area contributed by atoms with Gasteiger partial charge in [-0.15, -0.1) is 0 Å². The molecule has 31 heavy (non-hydrogen) atoms. The number of hydrogen-bond acceptors (Lipinski definition) is 4. The Bertz CT molecular complexity index is 1010. The monoisotopic (exact) mass is 442 g/mol. The number of carbonyl (C=O) groups is 3. The van der Waals surface area contributed by atoms with Crippen LogP contribution in [0.1, 0.15) is 39.1 Å². The highest BCUT2D eigenvalue weighted by Gasteiger charge is 2.54. The van der Waals surface area contributed by atoms with Crippen molar-refractivity contribution in [2.45, 2.75) is 31.5 Å². The average Bonchev–Trinajstić information content (AvgIpc) is 3.12. The number of hydrogen-bond donors (Lipinski definition) is 1. The van der Waals surface area contributed by atoms with Crippen LogP contribution in [0.25, 0.3) is 0 Å². The molecule has 8 heteroatoms. The average molecular weight is 443 g/mol. The number of nitrogens with zero attached hydrogens (tertiary/aromatic N) is 2. The van der Waals surface area contributed by atoms with Gasteiger partial charge in [-0.1, -0.05) is 29.3 Å². The van der Waals surface area contributed by atoms with Crippen molar-refractivity contribution in [3.8, 4) is 0 Å². The molecule has 4 rings (SSSR count). The van der Waals surface area contributed by atoms with Crippen LogP contribution in [0.5, 0.6) is 0 Å². The van der Waals surface area contributed by atoms with E-state index in [-0.39, 0.29) is 18.4 Å². The number of aliphatic carboxylic acids is 1. The third-order valence-electron chi connectivity index (χ3n) is 5.95. The van der Waals surface area contributed by atoms with Crippen LogP contribution in [0.3, 0.4) is 0 Å². The van der Waals surface area contributed by atoms with Gasteiger partial charge in [-0.05, 0) is 43.3 Å². The number of rotatable bonds is 3. The van der Waals surface area contributed by atoms with Gasteiger partial charge < -0.3 is 14.7 Å². The molecule has 2 amide bonds. The predicted octanol–water partition coefficient (Wildman–Crippen LogP) is 3.21. The Morgan fingerprint density at radius 1 is 1.03 bits per heavy atom. The summed E-state index contributed by atoms with van der Waals surface area (Å²) in [6.07, 6.45) is 0.682. The van der Waals surface area contributed by atoms with Crippen LogP contribution >= 0.6 is 11.6 Å². The minimum Gasteiger partial charge on any atom is -0.480 e. The van der Waals surface area contributed by atoms with Gasteiger partial charge in [-0.2, -0.15) is 0 Å². The van der Waals surface area contributed by atoms with Crippen LogP contribution in [0.15, 0.2) is 48.5 Å². The Kier molecular flexibility index (Phi) is 5.73. The van der Waals surface area contributed by atoms with Crippen molar-refractivity contribution in [3.63, 3.8) is 0 Å². The maximum absolute atomic E-state index is 13.3. The van der Waals surface area contributed by atoms with E-state index in [1.165, 1.54) is 4.90 Å². The summed E-state index contributed by atoms with van der Waals surface area (Å²) in [4.78, 5) is 41.1. The van der Waals surface area contributed by atoms with Crippen molar-refractivity contribution in [1.82, 2.24) is 9.80 Å². The lowest BCUT2D eigenvalue weighted by molar-refractivity contribution is -0.143. The summed E-state index contributed by atoms with van der Waals surface area (Å²) in [5.41, 5.74) is 0.829. The van der Waals surface area contributed by atoms with Crippen molar-refractivity contribution < 1.29 is 24.2 Å². The number of likely N-dealkylation sites (tertiary alicyclic amines) is 1. The lowest BCUT2D eigenvalue weighted by atomic mass is 9.96. The first-order valence-electron chi connectivity index (χ1n) is 10.1. The summed E-state index contributed by atoms with van der Waals surface area (Å²) >= 11 is 5.90. The number of amides is 2. The van der Waals surface area contributed by atoms with E-state index in [2.05, 4.69) is 0 Å². The molecule has 0 bridgehead atoms. The molecule has 0 aliphatic carbocycles. The quantitative estimate of drug-likeness (QED) is 0.788. The van der Waals surface area contributed by atoms with Crippen molar-refractivity contribution in [3.05, 3.63) is 70.2 Å². The van der Waals surface area contributed by atoms with Gasteiger partial charge in [0.15, 0.2) is 6.04 Å². The molecule has 7 nitrogen and oxygen atoms in total. The number of halogens is 1. The maximum Gasteiger partial charge on any atom is 0.328 e. The van der Waals surface area contributed by atoms with E-state index < -0.39 is 17.7 Å². The highest BCUT2D eigenvalue weighted by atomic mass is 35.5. The summed E-state index contributed by atoms with van der Waals surface area (Å²) in [6, 6.07) is 12.7. The smallest absolute Gasteiger partial charge is 0.328 e. The maximum atomic E-state index is 13.3. The van der Waals surface area contributed by atoms with Crippen LogP contribution < -0.4 is 0 Å². The van der Waals surface area contributed by atoms with Crippen molar-refractivity contribution in [2.24, 2.45) is 0 Å². The Balaban J connectivity index is 1.56. The van der Waals surface area contributed by atoms with Crippen LogP contribution in [0, 0.1) is 6.92 Å². The fourth-order valence-corrected chi connectivity index (χ4v) is 4.43. The molecule has 1 N–H and O–H groups in total. The molecular formula is C23H23ClN2O5. The minimum absolute atomic E-state index is 0.0714. The Hall–Kier alpha value is -2.90. The van der Waals surface area contributed by atoms with Gasteiger partial charge in [-0.25, -0.2) is 4.79 Å². The second-order valence-corrected chi connectivity index (χ2v) is 8.39. The van der Waals surface area contributed by atoms with E-state index in [0.717, 1.165) is 5.56 Å². The van der Waals surface area contributed by atoms with Crippen LogP contribution in [-0.2, 0) is 9.53 Å². The molecule has 162 valence electrons. The Morgan fingerprint density at radius 3 is 2.32 bits per heavy atom. The molecule has 0 saturated carbocycles. The fraction of sp³-hybridized carbons (Fsp3) is 0.348. The third kappa shape index (κ3) is 4.03. The van der Waals surface area contributed by atoms with Gasteiger partial charge in [0.25, 0.3) is 11.8 Å². The van der Waals surface area contributed by atoms with Crippen LogP contribution in [-0.4, -0.2) is 64.2 Å². The topological polar surface area (TPSA) is 87.2 Å². The number of carbonyl (C=O) groups excluding carboxylic acids is 2. The molecular weight excluding hydrogens is 420 g/mol. The standard InChI is InChI=1S/C23H23ClN2O5/c1-15-3-2-4-17(13-15)21(28)26-19(22(29)30)14-31-23(26)9-11-25(12-10-23)20(27)16-5-7-18(24)8-6-16/h2-8,13,19H,9-12,14H2,1H3,(H,29,30). The number of carboxylic acid groups (broad SMARTS) is 1. The first kappa shape index (κ1) is 21.3. The van der Waals surface area contributed by atoms with E-state index in [9.17, 15) is 19.5 Å². The van der Waals surface area contributed by atoms with E-state index in [1.807, 2.05) is 13.0 Å². The molecule has 2 heterocycles. The molecule has 0 radical (unpaired) electrons. The zero-order valence-electron chi connectivity index (χ0n) is 17.1. The van der Waals surface area contributed by atoms with Gasteiger partial charge in [0.2, 0.25) is 0 Å². The molecule has 2 saturated heterocycles. The van der Waals surface area contributed by atoms with Crippen molar-refractivity contribution in [2.75, 3.05) is 19.7 Å². The summed E-state index contributed by atoms with van der Waals surface area (Å²) in [7, 11) is 0. The molecule has 1 unspecified atom stereocenters. The molecule has 2 aromatic carbocycles. The number of benzene rings is 2. The first-order valence-corrected chi connectivity index (χ1v) is 10.5. The zero-order chi connectivity index (χ0) is 22.2. The van der Waals surface area contributed by atoms with Gasteiger partial charge in [0.05, 0.1) is 6.61 Å². The highest BCUT2D eigenvalue weighted by molar-refractivity contribution is 6.30. The second kappa shape index (κ2) is 8.32. The molecule has 0 aromatic heterocycles. The predicted molar refractivity (Wildman–Crippen MR) is 114 cm³/mol. The number of aryl methyl sites for hydroxylation is 1. The van der Waals surface area contributed by atoms with Crippen molar-refractivity contribution in [1.29, 1.82) is 0 Å². The normalized spacial score (nSPS) is 20.1. The SMILES string of the molecule is Cc1cccc(C(=O)N2C(C(=O)O)COC23CCN(C(=O)c2ccc(Cl)cc2)CC3)c1. The number of carboxylic acids is 1. The van der Waals surface area contributed by atoms with E-state index in [0.29, 0.717) is 42.1 Å². The molecule has 2 aliphatic rings. The first-order chi connectivity index (χ1) is 14.8. The fourth-order valence-electron chi connectivity index (χ4n) is 4.31. The summed E-state index contributed by atoms with van der Waals surface area (Å²) in [5, 5.41) is 10.3. The van der Waals surface area contributed by atoms with Crippen LogP contribution in [0.2, 0.25) is 5.02 Å². The number of ether oxygens (including phenoxy) is 1. The second-order valence-electron chi connectivity index (χ2n) is 7.95. The highest BCUT2D eigenvalue weighted by Crippen LogP contribution is 2.38. The minimum atomic E-state index is -1.10. The molecule has 2 fully saturated rings. The molecule has 2 aliphatic heterocycles. The van der Waals surface area contributed by atoms with Crippen molar-refractivity contribution >= 4 is 29.4 Å². The third-order valence-corrected chi connectivity index (χ3v) is 6.20.